The van der Waals surface area contributed by atoms with Gasteiger partial charge in [0.1, 0.15) is 0 Å². The van der Waals surface area contributed by atoms with Gasteiger partial charge < -0.3 is 20.5 Å². The molecule has 1 atom stereocenters. The Kier molecular flexibility index (Phi) is 4.19. The lowest BCUT2D eigenvalue weighted by atomic mass is 9.99. The van der Waals surface area contributed by atoms with Crippen molar-refractivity contribution in [2.24, 2.45) is 0 Å². The molecule has 2 heterocycles. The van der Waals surface area contributed by atoms with E-state index >= 15 is 0 Å². The van der Waals surface area contributed by atoms with Crippen LogP contribution in [0.15, 0.2) is 18.5 Å². The van der Waals surface area contributed by atoms with Gasteiger partial charge in [0.15, 0.2) is 5.54 Å². The standard InChI is InChI=1S/C13H17N3O4/c1-9-2-4-14-6-10(9)7-15-12(19)16-13(11(17)18)3-5-20-8-13/h2,4,6H,3,5,7-8H2,1H3,(H,17,18)(H2,15,16,19). The van der Waals surface area contributed by atoms with Crippen LogP contribution in [-0.4, -0.2) is 40.8 Å². The molecule has 0 aromatic carbocycles. The van der Waals surface area contributed by atoms with Gasteiger partial charge in [-0.2, -0.15) is 0 Å². The predicted octanol–water partition coefficient (Wildman–Crippen LogP) is 0.433. The third kappa shape index (κ3) is 3.05. The number of amides is 2. The molecule has 7 heteroatoms. The smallest absolute Gasteiger partial charge is 0.332 e. The number of ether oxygens (including phenoxy) is 1. The van der Waals surface area contributed by atoms with Crippen LogP contribution in [0.2, 0.25) is 0 Å². The second-order valence-electron chi connectivity index (χ2n) is 4.80. The van der Waals surface area contributed by atoms with Gasteiger partial charge in [-0.1, -0.05) is 0 Å². The summed E-state index contributed by atoms with van der Waals surface area (Å²) in [5.41, 5.74) is 0.570. The van der Waals surface area contributed by atoms with Crippen LogP contribution in [0.4, 0.5) is 4.79 Å². The van der Waals surface area contributed by atoms with Crippen molar-refractivity contribution < 1.29 is 19.4 Å². The predicted molar refractivity (Wildman–Crippen MR) is 70.1 cm³/mol. The second kappa shape index (κ2) is 5.87. The van der Waals surface area contributed by atoms with Crippen molar-refractivity contribution >= 4 is 12.0 Å². The van der Waals surface area contributed by atoms with Crippen molar-refractivity contribution in [3.8, 4) is 0 Å². The van der Waals surface area contributed by atoms with Crippen LogP contribution in [-0.2, 0) is 16.1 Å². The van der Waals surface area contributed by atoms with Crippen LogP contribution < -0.4 is 10.6 Å². The molecule has 0 saturated carbocycles. The highest BCUT2D eigenvalue weighted by Crippen LogP contribution is 2.18. The minimum Gasteiger partial charge on any atom is -0.479 e. The fourth-order valence-electron chi connectivity index (χ4n) is 2.00. The lowest BCUT2D eigenvalue weighted by Gasteiger charge is -2.23. The van der Waals surface area contributed by atoms with Crippen molar-refractivity contribution in [2.75, 3.05) is 13.2 Å². The quantitative estimate of drug-likeness (QED) is 0.742. The van der Waals surface area contributed by atoms with E-state index in [0.29, 0.717) is 13.2 Å². The molecule has 2 amide bonds. The topological polar surface area (TPSA) is 101 Å². The Hall–Kier alpha value is -2.15. The molecule has 1 saturated heterocycles. The van der Waals surface area contributed by atoms with Crippen LogP contribution >= 0.6 is 0 Å². The van der Waals surface area contributed by atoms with Gasteiger partial charge in [0.25, 0.3) is 0 Å². The van der Waals surface area contributed by atoms with Gasteiger partial charge in [0.05, 0.1) is 6.61 Å². The second-order valence-corrected chi connectivity index (χ2v) is 4.80. The van der Waals surface area contributed by atoms with Crippen molar-refractivity contribution in [1.29, 1.82) is 0 Å². The number of carboxylic acid groups (broad SMARTS) is 1. The molecule has 7 nitrogen and oxygen atoms in total. The number of urea groups is 1. The Bertz CT molecular complexity index is 512. The summed E-state index contributed by atoms with van der Waals surface area (Å²) in [5, 5.41) is 14.3. The number of nitrogens with zero attached hydrogens (tertiary/aromatic N) is 1. The summed E-state index contributed by atoms with van der Waals surface area (Å²) in [7, 11) is 0. The van der Waals surface area contributed by atoms with Crippen LogP contribution in [0.5, 0.6) is 0 Å². The largest absolute Gasteiger partial charge is 0.479 e. The third-order valence-electron chi connectivity index (χ3n) is 3.37. The Labute approximate surface area is 116 Å². The molecule has 1 aliphatic rings. The van der Waals surface area contributed by atoms with Gasteiger partial charge in [-0.3, -0.25) is 4.98 Å². The molecule has 0 spiro atoms. The third-order valence-corrected chi connectivity index (χ3v) is 3.37. The Morgan fingerprint density at radius 1 is 1.55 bits per heavy atom. The SMILES string of the molecule is Cc1ccncc1CNC(=O)NC1(C(=O)O)CCOC1. The molecule has 0 aliphatic carbocycles. The zero-order valence-electron chi connectivity index (χ0n) is 11.2. The van der Waals surface area contributed by atoms with Gasteiger partial charge in [0, 0.05) is 32.0 Å². The van der Waals surface area contributed by atoms with Crippen molar-refractivity contribution in [1.82, 2.24) is 15.6 Å². The molecule has 2 rings (SSSR count). The van der Waals surface area contributed by atoms with Gasteiger partial charge in [-0.25, -0.2) is 9.59 Å². The highest BCUT2D eigenvalue weighted by molar-refractivity contribution is 5.86. The maximum atomic E-state index is 11.8. The van der Waals surface area contributed by atoms with E-state index in [4.69, 9.17) is 4.74 Å². The van der Waals surface area contributed by atoms with E-state index in [1.165, 1.54) is 0 Å². The molecule has 0 bridgehead atoms. The molecule has 1 fully saturated rings. The highest BCUT2D eigenvalue weighted by atomic mass is 16.5. The molecule has 1 aliphatic heterocycles. The van der Waals surface area contributed by atoms with Crippen LogP contribution in [0.3, 0.4) is 0 Å². The first kappa shape index (κ1) is 14.3. The number of aryl methyl sites for hydroxylation is 1. The lowest BCUT2D eigenvalue weighted by molar-refractivity contribution is -0.144. The Morgan fingerprint density at radius 2 is 2.35 bits per heavy atom. The number of pyridine rings is 1. The molecular formula is C13H17N3O4. The minimum absolute atomic E-state index is 0.0122. The number of carbonyl (C=O) groups excluding carboxylic acids is 1. The maximum absolute atomic E-state index is 11.8. The number of aliphatic carboxylic acids is 1. The molecular weight excluding hydrogens is 262 g/mol. The Balaban J connectivity index is 1.92. The molecule has 1 aromatic heterocycles. The Morgan fingerprint density at radius 3 is 2.95 bits per heavy atom. The first-order valence-corrected chi connectivity index (χ1v) is 6.30. The number of hydrogen-bond donors (Lipinski definition) is 3. The van der Waals surface area contributed by atoms with E-state index in [-0.39, 0.29) is 13.0 Å². The summed E-state index contributed by atoms with van der Waals surface area (Å²) in [6.07, 6.45) is 3.61. The number of carbonyl (C=O) groups is 2. The molecule has 1 unspecified atom stereocenters. The summed E-state index contributed by atoms with van der Waals surface area (Å²) >= 11 is 0. The monoisotopic (exact) mass is 279 g/mol. The van der Waals surface area contributed by atoms with E-state index < -0.39 is 17.5 Å². The fraction of sp³-hybridized carbons (Fsp3) is 0.462. The van der Waals surface area contributed by atoms with E-state index in [1.807, 2.05) is 13.0 Å². The van der Waals surface area contributed by atoms with Crippen LogP contribution in [0, 0.1) is 6.92 Å². The molecule has 3 N–H and O–H groups in total. The van der Waals surface area contributed by atoms with E-state index in [9.17, 15) is 14.7 Å². The number of rotatable bonds is 4. The van der Waals surface area contributed by atoms with Gasteiger partial charge in [0.2, 0.25) is 0 Å². The number of nitrogens with one attached hydrogen (secondary N) is 2. The number of carboxylic acids is 1. The highest BCUT2D eigenvalue weighted by Gasteiger charge is 2.43. The van der Waals surface area contributed by atoms with Crippen molar-refractivity contribution in [3.63, 3.8) is 0 Å². The number of aromatic nitrogens is 1. The summed E-state index contributed by atoms with van der Waals surface area (Å²) in [4.78, 5) is 27.1. The summed E-state index contributed by atoms with van der Waals surface area (Å²) in [6, 6.07) is 1.32. The normalized spacial score (nSPS) is 21.4. The number of hydrogen-bond acceptors (Lipinski definition) is 4. The summed E-state index contributed by atoms with van der Waals surface area (Å²) in [5.74, 6) is -1.08. The van der Waals surface area contributed by atoms with Gasteiger partial charge in [-0.05, 0) is 24.1 Å². The van der Waals surface area contributed by atoms with E-state index in [0.717, 1.165) is 11.1 Å². The average molecular weight is 279 g/mol. The average Bonchev–Trinajstić information content (AvgIpc) is 2.88. The van der Waals surface area contributed by atoms with E-state index in [2.05, 4.69) is 15.6 Å². The maximum Gasteiger partial charge on any atom is 0.332 e. The zero-order chi connectivity index (χ0) is 14.6. The van der Waals surface area contributed by atoms with Crippen LogP contribution in [0.25, 0.3) is 0 Å². The molecule has 108 valence electrons. The first-order chi connectivity index (χ1) is 9.53. The van der Waals surface area contributed by atoms with Crippen molar-refractivity contribution in [3.05, 3.63) is 29.6 Å². The molecule has 20 heavy (non-hydrogen) atoms. The van der Waals surface area contributed by atoms with Gasteiger partial charge >= 0.3 is 12.0 Å². The van der Waals surface area contributed by atoms with Crippen molar-refractivity contribution in [2.45, 2.75) is 25.4 Å². The molecule has 0 radical (unpaired) electrons. The minimum atomic E-state index is -1.33. The lowest BCUT2D eigenvalue weighted by Crippen LogP contribution is -2.57. The van der Waals surface area contributed by atoms with E-state index in [1.54, 1.807) is 12.4 Å². The van der Waals surface area contributed by atoms with Gasteiger partial charge in [-0.15, -0.1) is 0 Å². The summed E-state index contributed by atoms with van der Waals surface area (Å²) < 4.78 is 5.07. The zero-order valence-corrected chi connectivity index (χ0v) is 11.2. The first-order valence-electron chi connectivity index (χ1n) is 6.30. The molecule has 1 aromatic rings. The van der Waals surface area contributed by atoms with Crippen LogP contribution in [0.1, 0.15) is 17.5 Å². The summed E-state index contributed by atoms with van der Waals surface area (Å²) in [6.45, 7) is 2.53. The fourth-order valence-corrected chi connectivity index (χ4v) is 2.00.